The number of allylic oxidation sites excluding steroid dienone is 4. The topological polar surface area (TPSA) is 131 Å². The molecule has 1 amide bonds. The van der Waals surface area contributed by atoms with E-state index in [1.54, 1.807) is 0 Å². The van der Waals surface area contributed by atoms with E-state index >= 15 is 0 Å². The predicted octanol–water partition coefficient (Wildman–Crippen LogP) is 10.6. The van der Waals surface area contributed by atoms with Crippen LogP contribution in [-0.4, -0.2) is 47.8 Å². The summed E-state index contributed by atoms with van der Waals surface area (Å²) in [5, 5.41) is 13.7. The summed E-state index contributed by atoms with van der Waals surface area (Å²) in [4.78, 5) is 22.6. The van der Waals surface area contributed by atoms with Crippen molar-refractivity contribution < 1.29 is 28.4 Å². The fourth-order valence-corrected chi connectivity index (χ4v) is 6.51. The fraction of sp³-hybridized carbons (Fsp3) is 0.872. The number of phosphoric ester groups is 1. The number of rotatable bonds is 37. The van der Waals surface area contributed by atoms with Gasteiger partial charge in [0.2, 0.25) is 5.91 Å². The Morgan fingerprint density at radius 2 is 1.15 bits per heavy atom. The van der Waals surface area contributed by atoms with Crippen molar-refractivity contribution in [2.45, 2.75) is 199 Å². The second kappa shape index (κ2) is 35.8. The van der Waals surface area contributed by atoms with Gasteiger partial charge in [-0.25, -0.2) is 4.57 Å². The van der Waals surface area contributed by atoms with E-state index in [-0.39, 0.29) is 25.7 Å². The van der Waals surface area contributed by atoms with Gasteiger partial charge in [0.05, 0.1) is 25.4 Å². The zero-order valence-corrected chi connectivity index (χ0v) is 32.1. The summed E-state index contributed by atoms with van der Waals surface area (Å²) in [6.45, 7) is 4.17. The second-order valence-electron chi connectivity index (χ2n) is 13.5. The van der Waals surface area contributed by atoms with E-state index < -0.39 is 20.0 Å². The number of unbranched alkanes of at least 4 members (excludes halogenated alkanes) is 21. The highest BCUT2D eigenvalue weighted by Crippen LogP contribution is 2.43. The molecule has 0 aliphatic carbocycles. The van der Waals surface area contributed by atoms with Crippen LogP contribution >= 0.6 is 7.82 Å². The summed E-state index contributed by atoms with van der Waals surface area (Å²) < 4.78 is 22.1. The van der Waals surface area contributed by atoms with E-state index in [1.807, 2.05) is 0 Å². The van der Waals surface area contributed by atoms with Gasteiger partial charge in [-0.15, -0.1) is 0 Å². The van der Waals surface area contributed by atoms with Crippen molar-refractivity contribution in [3.63, 3.8) is 0 Å². The van der Waals surface area contributed by atoms with Gasteiger partial charge in [0, 0.05) is 13.0 Å². The molecule has 9 heteroatoms. The maximum absolute atomic E-state index is 12.7. The Morgan fingerprint density at radius 3 is 1.67 bits per heavy atom. The Kier molecular flexibility index (Phi) is 35.0. The molecule has 0 radical (unpaired) electrons. The Labute approximate surface area is 296 Å². The van der Waals surface area contributed by atoms with Crippen LogP contribution in [0.4, 0.5) is 0 Å². The highest BCUT2D eigenvalue weighted by molar-refractivity contribution is 7.47. The molecule has 3 unspecified atom stereocenters. The van der Waals surface area contributed by atoms with Crippen LogP contribution < -0.4 is 11.1 Å². The lowest BCUT2D eigenvalue weighted by Gasteiger charge is -2.25. The summed E-state index contributed by atoms with van der Waals surface area (Å²) >= 11 is 0. The summed E-state index contributed by atoms with van der Waals surface area (Å²) in [5.41, 5.74) is 5.36. The van der Waals surface area contributed by atoms with Crippen molar-refractivity contribution in [3.05, 3.63) is 24.3 Å². The van der Waals surface area contributed by atoms with Gasteiger partial charge in [-0.3, -0.25) is 13.8 Å². The van der Waals surface area contributed by atoms with Crippen molar-refractivity contribution >= 4 is 13.7 Å². The van der Waals surface area contributed by atoms with Crippen molar-refractivity contribution in [2.24, 2.45) is 5.73 Å². The standard InChI is InChI=1S/C39H77N2O6P/c1-3-5-7-9-11-13-15-17-18-19-21-23-25-27-29-31-33-39(43)41-37(36-47-48(44,45)46-35-34-40)38(42)32-30-28-26-24-22-20-16-14-12-10-8-6-4-2/h13,15,18-19,37-38,42H,3-12,14,16-17,20-36,40H2,1-2H3,(H,41,43)(H,44,45)/b15-13-,19-18-. The largest absolute Gasteiger partial charge is 0.472 e. The number of phosphoric acid groups is 1. The van der Waals surface area contributed by atoms with Crippen LogP contribution in [0.2, 0.25) is 0 Å². The maximum atomic E-state index is 12.7. The van der Waals surface area contributed by atoms with Crippen molar-refractivity contribution in [3.8, 4) is 0 Å². The van der Waals surface area contributed by atoms with Crippen LogP contribution in [0, 0.1) is 0 Å². The molecule has 0 heterocycles. The maximum Gasteiger partial charge on any atom is 0.472 e. The Balaban J connectivity index is 4.25. The van der Waals surface area contributed by atoms with E-state index in [2.05, 4.69) is 43.5 Å². The van der Waals surface area contributed by atoms with Gasteiger partial charge in [0.1, 0.15) is 0 Å². The number of nitrogens with two attached hydrogens (primary N) is 1. The number of carbonyl (C=O) groups excluding carboxylic acids is 1. The normalized spacial score (nSPS) is 14.5. The Bertz CT molecular complexity index is 809. The third-order valence-corrected chi connectivity index (χ3v) is 9.79. The monoisotopic (exact) mass is 701 g/mol. The summed E-state index contributed by atoms with van der Waals surface area (Å²) in [7, 11) is -4.31. The van der Waals surface area contributed by atoms with Gasteiger partial charge in [0.25, 0.3) is 0 Å². The molecule has 0 aromatic carbocycles. The first-order chi connectivity index (χ1) is 23.4. The summed E-state index contributed by atoms with van der Waals surface area (Å²) in [6, 6.07) is -0.778. The molecule has 0 saturated carbocycles. The third-order valence-electron chi connectivity index (χ3n) is 8.81. The Hall–Kier alpha value is -1.02. The van der Waals surface area contributed by atoms with Crippen LogP contribution in [0.5, 0.6) is 0 Å². The molecule has 0 aromatic rings. The summed E-state index contributed by atoms with van der Waals surface area (Å²) in [5.74, 6) is -0.176. The molecule has 0 spiro atoms. The molecule has 48 heavy (non-hydrogen) atoms. The zero-order valence-electron chi connectivity index (χ0n) is 31.2. The number of hydrogen-bond donors (Lipinski definition) is 4. The van der Waals surface area contributed by atoms with Crippen LogP contribution in [0.1, 0.15) is 187 Å². The SMILES string of the molecule is CCCCCC/C=C\C/C=C\CCCCCCCC(=O)NC(COP(=O)(O)OCCN)C(O)CCCCCCCCCCCCCCC. The van der Waals surface area contributed by atoms with Gasteiger partial charge in [0.15, 0.2) is 0 Å². The van der Waals surface area contributed by atoms with E-state index in [1.165, 1.54) is 96.3 Å². The molecule has 0 saturated heterocycles. The van der Waals surface area contributed by atoms with E-state index in [0.29, 0.717) is 12.8 Å². The molecule has 8 nitrogen and oxygen atoms in total. The highest BCUT2D eigenvalue weighted by atomic mass is 31.2. The highest BCUT2D eigenvalue weighted by Gasteiger charge is 2.27. The lowest BCUT2D eigenvalue weighted by Crippen LogP contribution is -2.46. The molecule has 0 aliphatic rings. The minimum atomic E-state index is -4.31. The first kappa shape index (κ1) is 47.0. The molecule has 0 aliphatic heterocycles. The molecule has 0 rings (SSSR count). The quantitative estimate of drug-likeness (QED) is 0.0288. The minimum absolute atomic E-state index is 0.0867. The number of nitrogens with one attached hydrogen (secondary N) is 1. The average Bonchev–Trinajstić information content (AvgIpc) is 3.07. The Morgan fingerprint density at radius 1 is 0.688 bits per heavy atom. The van der Waals surface area contributed by atoms with Gasteiger partial charge in [-0.05, 0) is 44.9 Å². The fourth-order valence-electron chi connectivity index (χ4n) is 5.75. The predicted molar refractivity (Wildman–Crippen MR) is 203 cm³/mol. The number of aliphatic hydroxyl groups is 1. The lowest BCUT2D eigenvalue weighted by atomic mass is 10.0. The van der Waals surface area contributed by atoms with Crippen LogP contribution in [0.15, 0.2) is 24.3 Å². The van der Waals surface area contributed by atoms with Gasteiger partial charge < -0.3 is 21.1 Å². The molecule has 3 atom stereocenters. The van der Waals surface area contributed by atoms with E-state index in [0.717, 1.165) is 64.2 Å². The van der Waals surface area contributed by atoms with E-state index in [4.69, 9.17) is 14.8 Å². The van der Waals surface area contributed by atoms with Crippen molar-refractivity contribution in [1.29, 1.82) is 0 Å². The van der Waals surface area contributed by atoms with Gasteiger partial charge in [-0.1, -0.05) is 160 Å². The van der Waals surface area contributed by atoms with Gasteiger partial charge >= 0.3 is 7.82 Å². The minimum Gasteiger partial charge on any atom is -0.391 e. The zero-order chi connectivity index (χ0) is 35.4. The van der Waals surface area contributed by atoms with Crippen LogP contribution in [0.3, 0.4) is 0 Å². The molecule has 0 bridgehead atoms. The molecular formula is C39H77N2O6P. The number of hydrogen-bond acceptors (Lipinski definition) is 6. The first-order valence-electron chi connectivity index (χ1n) is 20.0. The average molecular weight is 701 g/mol. The van der Waals surface area contributed by atoms with Crippen LogP contribution in [-0.2, 0) is 18.4 Å². The number of aliphatic hydroxyl groups excluding tert-OH is 1. The second-order valence-corrected chi connectivity index (χ2v) is 14.9. The third kappa shape index (κ3) is 33.5. The molecular weight excluding hydrogens is 623 g/mol. The molecule has 0 aromatic heterocycles. The summed E-state index contributed by atoms with van der Waals surface area (Å²) in [6.07, 6.45) is 38.9. The molecule has 0 fully saturated rings. The molecule has 284 valence electrons. The number of carbonyl (C=O) groups is 1. The van der Waals surface area contributed by atoms with Gasteiger partial charge in [-0.2, -0.15) is 0 Å². The lowest BCUT2D eigenvalue weighted by molar-refractivity contribution is -0.123. The number of amides is 1. The molecule has 5 N–H and O–H groups in total. The smallest absolute Gasteiger partial charge is 0.391 e. The van der Waals surface area contributed by atoms with Crippen molar-refractivity contribution in [1.82, 2.24) is 5.32 Å². The van der Waals surface area contributed by atoms with E-state index in [9.17, 15) is 19.4 Å². The van der Waals surface area contributed by atoms with Crippen molar-refractivity contribution in [2.75, 3.05) is 19.8 Å². The van der Waals surface area contributed by atoms with Crippen LogP contribution in [0.25, 0.3) is 0 Å². The first-order valence-corrected chi connectivity index (χ1v) is 21.4.